The van der Waals surface area contributed by atoms with E-state index in [9.17, 15) is 9.59 Å². The van der Waals surface area contributed by atoms with Crippen LogP contribution < -0.4 is 5.32 Å². The number of carbonyl (C=O) groups excluding carboxylic acids is 2. The highest BCUT2D eigenvalue weighted by atomic mass is 32.1. The van der Waals surface area contributed by atoms with E-state index < -0.39 is 0 Å². The van der Waals surface area contributed by atoms with Crippen molar-refractivity contribution in [3.8, 4) is 0 Å². The first kappa shape index (κ1) is 20.4. The minimum absolute atomic E-state index is 0.116. The van der Waals surface area contributed by atoms with Gasteiger partial charge in [-0.3, -0.25) is 14.5 Å². The van der Waals surface area contributed by atoms with Gasteiger partial charge in [0.2, 0.25) is 11.8 Å². The minimum atomic E-state index is -0.221. The number of anilines is 1. The lowest BCUT2D eigenvalue weighted by Gasteiger charge is -2.56. The number of aromatic nitrogens is 1. The first-order valence-electron chi connectivity index (χ1n) is 11.4. The van der Waals surface area contributed by atoms with Crippen molar-refractivity contribution in [2.45, 2.75) is 38.5 Å². The van der Waals surface area contributed by atoms with Crippen LogP contribution in [0, 0.1) is 23.2 Å². The number of carbonyl (C=O) groups is 2. The number of hydrogen-bond acceptors (Lipinski definition) is 6. The summed E-state index contributed by atoms with van der Waals surface area (Å²) < 4.78 is 5.45. The van der Waals surface area contributed by atoms with Gasteiger partial charge in [-0.25, -0.2) is 4.98 Å². The van der Waals surface area contributed by atoms with Crippen molar-refractivity contribution in [1.82, 2.24) is 14.8 Å². The number of hydrogen-bond donors (Lipinski definition) is 1. The van der Waals surface area contributed by atoms with Gasteiger partial charge in [-0.1, -0.05) is 0 Å². The van der Waals surface area contributed by atoms with E-state index in [1.54, 1.807) is 6.20 Å². The topological polar surface area (TPSA) is 74.8 Å². The molecule has 0 spiro atoms. The average Bonchev–Trinajstić information content (AvgIpc) is 3.23. The van der Waals surface area contributed by atoms with Crippen molar-refractivity contribution in [2.75, 3.05) is 51.3 Å². The molecule has 30 heavy (non-hydrogen) atoms. The highest BCUT2D eigenvalue weighted by Crippen LogP contribution is 2.60. The predicted molar refractivity (Wildman–Crippen MR) is 115 cm³/mol. The zero-order valence-electron chi connectivity index (χ0n) is 17.6. The monoisotopic (exact) mass is 432 g/mol. The fourth-order valence-corrected chi connectivity index (χ4v) is 7.21. The molecule has 8 heteroatoms. The summed E-state index contributed by atoms with van der Waals surface area (Å²) >= 11 is 1.40. The molecule has 0 radical (unpaired) electrons. The zero-order valence-corrected chi connectivity index (χ0v) is 18.4. The number of nitrogens with zero attached hydrogens (tertiary/aromatic N) is 3. The smallest absolute Gasteiger partial charge is 0.245 e. The molecule has 4 aliphatic carbocycles. The molecule has 6 rings (SSSR count). The number of thiazole rings is 1. The molecule has 1 aliphatic heterocycles. The van der Waals surface area contributed by atoms with Gasteiger partial charge in [-0.05, 0) is 56.3 Å². The zero-order chi connectivity index (χ0) is 20.6. The fraction of sp³-hybridized carbons (Fsp3) is 0.773. The Morgan fingerprint density at radius 3 is 2.43 bits per heavy atom. The summed E-state index contributed by atoms with van der Waals surface area (Å²) in [4.78, 5) is 35.0. The molecule has 1 saturated heterocycles. The van der Waals surface area contributed by atoms with Crippen LogP contribution >= 0.6 is 11.3 Å². The number of morpholine rings is 1. The van der Waals surface area contributed by atoms with Gasteiger partial charge < -0.3 is 15.0 Å². The van der Waals surface area contributed by atoms with Gasteiger partial charge in [0.25, 0.3) is 0 Å². The summed E-state index contributed by atoms with van der Waals surface area (Å²) in [7, 11) is 0. The van der Waals surface area contributed by atoms with Crippen LogP contribution in [-0.2, 0) is 14.3 Å². The lowest BCUT2D eigenvalue weighted by Crippen LogP contribution is -2.56. The lowest BCUT2D eigenvalue weighted by molar-refractivity contribution is -0.159. The normalized spacial score (nSPS) is 32.9. The first-order chi connectivity index (χ1) is 14.6. The predicted octanol–water partition coefficient (Wildman–Crippen LogP) is 2.46. The van der Waals surface area contributed by atoms with E-state index in [-0.39, 0.29) is 23.8 Å². The summed E-state index contributed by atoms with van der Waals surface area (Å²) in [5.41, 5.74) is -0.221. The second-order valence-electron chi connectivity index (χ2n) is 9.76. The Morgan fingerprint density at radius 1 is 1.17 bits per heavy atom. The van der Waals surface area contributed by atoms with Crippen LogP contribution in [-0.4, -0.2) is 72.5 Å². The second kappa shape index (κ2) is 8.55. The SMILES string of the molecule is O=C(CN(CCN1CCOCC1)C(=O)C12CC3CC(CC(C3)C1)C2)Nc1nccs1. The summed E-state index contributed by atoms with van der Waals surface area (Å²) in [5, 5.41) is 5.29. The molecule has 1 N–H and O–H groups in total. The van der Waals surface area contributed by atoms with Crippen LogP contribution in [0.15, 0.2) is 11.6 Å². The number of rotatable bonds is 7. The van der Waals surface area contributed by atoms with Crippen molar-refractivity contribution >= 4 is 28.3 Å². The molecule has 2 heterocycles. The molecule has 0 atom stereocenters. The van der Waals surface area contributed by atoms with Crippen LogP contribution in [0.1, 0.15) is 38.5 Å². The maximum Gasteiger partial charge on any atom is 0.245 e. The fourth-order valence-electron chi connectivity index (χ4n) is 6.66. The van der Waals surface area contributed by atoms with Gasteiger partial charge in [0.05, 0.1) is 25.2 Å². The van der Waals surface area contributed by atoms with E-state index in [0.717, 1.165) is 52.1 Å². The summed E-state index contributed by atoms with van der Waals surface area (Å²) in [6, 6.07) is 0. The molecule has 1 aromatic rings. The molecule has 4 bridgehead atoms. The van der Waals surface area contributed by atoms with Crippen molar-refractivity contribution in [3.05, 3.63) is 11.6 Å². The van der Waals surface area contributed by atoms with Crippen LogP contribution in [0.3, 0.4) is 0 Å². The molecular formula is C22H32N4O3S. The maximum atomic E-state index is 13.9. The minimum Gasteiger partial charge on any atom is -0.379 e. The average molecular weight is 433 g/mol. The van der Waals surface area contributed by atoms with Crippen LogP contribution in [0.5, 0.6) is 0 Å². The highest BCUT2D eigenvalue weighted by Gasteiger charge is 2.55. The third kappa shape index (κ3) is 4.27. The van der Waals surface area contributed by atoms with E-state index in [0.29, 0.717) is 29.4 Å². The number of ether oxygens (including phenoxy) is 1. The molecule has 0 unspecified atom stereocenters. The summed E-state index contributed by atoms with van der Waals surface area (Å²) in [6.07, 6.45) is 8.69. The third-order valence-electron chi connectivity index (χ3n) is 7.58. The van der Waals surface area contributed by atoms with Gasteiger partial charge >= 0.3 is 0 Å². The van der Waals surface area contributed by atoms with Crippen molar-refractivity contribution < 1.29 is 14.3 Å². The molecule has 164 valence electrons. The number of amides is 2. The Labute approximate surface area is 182 Å². The van der Waals surface area contributed by atoms with Crippen LogP contribution in [0.2, 0.25) is 0 Å². The molecule has 0 aromatic carbocycles. The van der Waals surface area contributed by atoms with Crippen molar-refractivity contribution in [1.29, 1.82) is 0 Å². The van der Waals surface area contributed by atoms with Crippen molar-refractivity contribution in [3.63, 3.8) is 0 Å². The van der Waals surface area contributed by atoms with Gasteiger partial charge in [0.1, 0.15) is 0 Å². The largest absolute Gasteiger partial charge is 0.379 e. The molecule has 5 fully saturated rings. The number of nitrogens with one attached hydrogen (secondary N) is 1. The highest BCUT2D eigenvalue weighted by molar-refractivity contribution is 7.13. The standard InChI is InChI=1S/C22H32N4O3S/c27-19(24-21-23-1-8-30-21)15-26(3-2-25-4-6-29-7-5-25)20(28)22-12-16-9-17(13-22)11-18(10-16)14-22/h1,8,16-18H,2-7,9-15H2,(H,23,24,27). The molecular weight excluding hydrogens is 400 g/mol. The Hall–Kier alpha value is -1.51. The van der Waals surface area contributed by atoms with Gasteiger partial charge in [-0.15, -0.1) is 11.3 Å². The van der Waals surface area contributed by atoms with E-state index in [2.05, 4.69) is 15.2 Å². The van der Waals surface area contributed by atoms with Crippen molar-refractivity contribution in [2.24, 2.45) is 23.2 Å². The molecule has 7 nitrogen and oxygen atoms in total. The van der Waals surface area contributed by atoms with Gasteiger partial charge in [0, 0.05) is 37.8 Å². The van der Waals surface area contributed by atoms with Gasteiger partial charge in [-0.2, -0.15) is 0 Å². The molecule has 1 aromatic heterocycles. The van der Waals surface area contributed by atoms with E-state index >= 15 is 0 Å². The summed E-state index contributed by atoms with van der Waals surface area (Å²) in [5.74, 6) is 2.22. The first-order valence-corrected chi connectivity index (χ1v) is 12.3. The third-order valence-corrected chi connectivity index (χ3v) is 8.27. The Bertz CT molecular complexity index is 727. The molecule has 5 aliphatic rings. The van der Waals surface area contributed by atoms with E-state index in [1.165, 1.54) is 30.6 Å². The molecule has 2 amide bonds. The van der Waals surface area contributed by atoms with E-state index in [1.807, 2.05) is 10.3 Å². The van der Waals surface area contributed by atoms with Crippen LogP contribution in [0.25, 0.3) is 0 Å². The Kier molecular flexibility index (Phi) is 5.82. The Morgan fingerprint density at radius 2 is 1.83 bits per heavy atom. The lowest BCUT2D eigenvalue weighted by atomic mass is 9.49. The quantitative estimate of drug-likeness (QED) is 0.716. The maximum absolute atomic E-state index is 13.9. The van der Waals surface area contributed by atoms with Gasteiger partial charge in [0.15, 0.2) is 5.13 Å². The molecule has 4 saturated carbocycles. The Balaban J connectivity index is 1.29. The summed E-state index contributed by atoms with van der Waals surface area (Å²) in [6.45, 7) is 4.79. The van der Waals surface area contributed by atoms with E-state index in [4.69, 9.17) is 4.74 Å². The van der Waals surface area contributed by atoms with Crippen LogP contribution in [0.4, 0.5) is 5.13 Å². The second-order valence-corrected chi connectivity index (χ2v) is 10.7.